The Morgan fingerprint density at radius 3 is 2.65 bits per heavy atom. The van der Waals surface area contributed by atoms with Gasteiger partial charge in [0.05, 0.1) is 5.69 Å². The summed E-state index contributed by atoms with van der Waals surface area (Å²) in [5, 5.41) is 0. The first kappa shape index (κ1) is 16.5. The summed E-state index contributed by atoms with van der Waals surface area (Å²) in [6, 6.07) is 0.414. The van der Waals surface area contributed by atoms with E-state index in [1.807, 2.05) is 6.92 Å². The molecule has 3 rings (SSSR count). The van der Waals surface area contributed by atoms with Crippen molar-refractivity contribution in [3.63, 3.8) is 0 Å². The minimum Gasteiger partial charge on any atom is -0.435 e. The Morgan fingerprint density at radius 1 is 1.22 bits per heavy atom. The van der Waals surface area contributed by atoms with Gasteiger partial charge in [-0.3, -0.25) is 4.79 Å². The summed E-state index contributed by atoms with van der Waals surface area (Å²) in [6.07, 6.45) is 9.44. The molecule has 128 valence electrons. The third-order valence-corrected chi connectivity index (χ3v) is 5.37. The lowest BCUT2D eigenvalue weighted by Crippen LogP contribution is -2.45. The predicted octanol–water partition coefficient (Wildman–Crippen LogP) is 4.37. The molecule has 0 radical (unpaired) electrons. The Labute approximate surface area is 139 Å². The van der Waals surface area contributed by atoms with Crippen LogP contribution in [-0.4, -0.2) is 28.4 Å². The van der Waals surface area contributed by atoms with Crippen molar-refractivity contribution in [2.24, 2.45) is 11.8 Å². The molecule has 2 fully saturated rings. The first-order chi connectivity index (χ1) is 11.1. The fourth-order valence-electron chi connectivity index (χ4n) is 4.26. The van der Waals surface area contributed by atoms with Crippen molar-refractivity contribution in [2.45, 2.75) is 78.2 Å². The molecule has 1 aromatic heterocycles. The maximum atomic E-state index is 13.1. The van der Waals surface area contributed by atoms with Crippen LogP contribution in [-0.2, 0) is 6.42 Å². The summed E-state index contributed by atoms with van der Waals surface area (Å²) >= 11 is 0. The van der Waals surface area contributed by atoms with Crippen LogP contribution in [0.3, 0.4) is 0 Å². The van der Waals surface area contributed by atoms with E-state index in [4.69, 9.17) is 4.42 Å². The highest BCUT2D eigenvalue weighted by atomic mass is 16.4. The molecule has 1 aliphatic heterocycles. The van der Waals surface area contributed by atoms with E-state index >= 15 is 0 Å². The lowest BCUT2D eigenvalue weighted by Gasteiger charge is -2.37. The number of hydrogen-bond donors (Lipinski definition) is 0. The summed E-state index contributed by atoms with van der Waals surface area (Å²) in [6.45, 7) is 7.06. The highest BCUT2D eigenvalue weighted by Gasteiger charge is 2.36. The van der Waals surface area contributed by atoms with Gasteiger partial charge in [0.1, 0.15) is 0 Å². The van der Waals surface area contributed by atoms with Crippen molar-refractivity contribution in [2.75, 3.05) is 6.54 Å². The van der Waals surface area contributed by atoms with Crippen LogP contribution in [0.2, 0.25) is 0 Å². The number of likely N-dealkylation sites (tertiary alicyclic amines) is 1. The van der Waals surface area contributed by atoms with Crippen LogP contribution >= 0.6 is 0 Å². The molecule has 4 nitrogen and oxygen atoms in total. The van der Waals surface area contributed by atoms with Crippen molar-refractivity contribution < 1.29 is 9.21 Å². The highest BCUT2D eigenvalue weighted by molar-refractivity contribution is 5.92. The van der Waals surface area contributed by atoms with Gasteiger partial charge >= 0.3 is 0 Å². The molecule has 1 aromatic rings. The number of fused-ring (bicyclic) bond motifs is 1. The van der Waals surface area contributed by atoms with E-state index in [1.165, 1.54) is 32.1 Å². The summed E-state index contributed by atoms with van der Waals surface area (Å²) in [5.41, 5.74) is 0.752. The molecule has 1 amide bonds. The molecular weight excluding hydrogens is 288 g/mol. The maximum absolute atomic E-state index is 13.1. The van der Waals surface area contributed by atoms with Gasteiger partial charge in [-0.1, -0.05) is 33.1 Å². The molecular formula is C19H30N2O2. The van der Waals surface area contributed by atoms with E-state index < -0.39 is 0 Å². The zero-order valence-electron chi connectivity index (χ0n) is 14.8. The lowest BCUT2D eigenvalue weighted by molar-refractivity contribution is 0.0534. The minimum atomic E-state index is 0.0730. The van der Waals surface area contributed by atoms with Crippen molar-refractivity contribution in [3.8, 4) is 0 Å². The zero-order chi connectivity index (χ0) is 16.4. The fraction of sp³-hybridized carbons (Fsp3) is 0.789. The van der Waals surface area contributed by atoms with Crippen LogP contribution in [0.5, 0.6) is 0 Å². The van der Waals surface area contributed by atoms with Gasteiger partial charge in [-0.2, -0.15) is 0 Å². The largest absolute Gasteiger partial charge is 0.435 e. The van der Waals surface area contributed by atoms with E-state index in [2.05, 4.69) is 23.7 Å². The molecule has 2 heterocycles. The van der Waals surface area contributed by atoms with Crippen molar-refractivity contribution >= 4 is 5.91 Å². The lowest BCUT2D eigenvalue weighted by atomic mass is 9.81. The molecule has 0 N–H and O–H groups in total. The Kier molecular flexibility index (Phi) is 5.08. The number of aromatic nitrogens is 1. The second-order valence-corrected chi connectivity index (χ2v) is 7.73. The van der Waals surface area contributed by atoms with Gasteiger partial charge in [0.15, 0.2) is 5.89 Å². The smallest absolute Gasteiger partial charge is 0.291 e. The summed E-state index contributed by atoms with van der Waals surface area (Å²) < 4.78 is 5.86. The molecule has 23 heavy (non-hydrogen) atoms. The number of oxazole rings is 1. The van der Waals surface area contributed by atoms with Crippen LogP contribution in [0.25, 0.3) is 0 Å². The molecule has 1 saturated carbocycles. The minimum absolute atomic E-state index is 0.0730. The zero-order valence-corrected chi connectivity index (χ0v) is 14.8. The number of rotatable bonds is 3. The topological polar surface area (TPSA) is 46.3 Å². The Bertz CT molecular complexity index is 550. The molecule has 4 heteroatoms. The number of aryl methyl sites for hydroxylation is 1. The molecule has 1 saturated heterocycles. The van der Waals surface area contributed by atoms with Crippen molar-refractivity contribution in [1.82, 2.24) is 9.88 Å². The van der Waals surface area contributed by atoms with Gasteiger partial charge in [-0.05, 0) is 44.4 Å². The van der Waals surface area contributed by atoms with Gasteiger partial charge in [0, 0.05) is 19.0 Å². The third-order valence-electron chi connectivity index (χ3n) is 5.37. The second kappa shape index (κ2) is 7.06. The standard InChI is InChI=1S/C19H30N2O2/c1-13(2)12-17-20-14(3)18(23-17)19(22)21-11-7-6-9-15-8-4-5-10-16(15)21/h13,15-16H,4-12H2,1-3H3. The summed E-state index contributed by atoms with van der Waals surface area (Å²) in [7, 11) is 0. The van der Waals surface area contributed by atoms with Gasteiger partial charge < -0.3 is 9.32 Å². The van der Waals surface area contributed by atoms with Crippen LogP contribution in [0, 0.1) is 18.8 Å². The molecule has 1 aliphatic carbocycles. The van der Waals surface area contributed by atoms with Crippen molar-refractivity contribution in [3.05, 3.63) is 17.3 Å². The number of carbonyl (C=O) groups is 1. The van der Waals surface area contributed by atoms with E-state index in [0.717, 1.165) is 31.5 Å². The van der Waals surface area contributed by atoms with Crippen LogP contribution in [0.1, 0.15) is 80.9 Å². The van der Waals surface area contributed by atoms with Crippen LogP contribution in [0.4, 0.5) is 0 Å². The first-order valence-electron chi connectivity index (χ1n) is 9.33. The number of hydrogen-bond acceptors (Lipinski definition) is 3. The molecule has 2 aliphatic rings. The number of amides is 1. The maximum Gasteiger partial charge on any atom is 0.291 e. The van der Waals surface area contributed by atoms with Crippen LogP contribution in [0.15, 0.2) is 4.42 Å². The second-order valence-electron chi connectivity index (χ2n) is 7.73. The van der Waals surface area contributed by atoms with E-state index in [-0.39, 0.29) is 5.91 Å². The fourth-order valence-corrected chi connectivity index (χ4v) is 4.26. The highest BCUT2D eigenvalue weighted by Crippen LogP contribution is 2.35. The van der Waals surface area contributed by atoms with Gasteiger partial charge in [-0.25, -0.2) is 4.98 Å². The van der Waals surface area contributed by atoms with E-state index in [1.54, 1.807) is 0 Å². The normalized spacial score (nSPS) is 25.3. The average molecular weight is 318 g/mol. The molecule has 0 bridgehead atoms. The average Bonchev–Trinajstić information content (AvgIpc) is 2.75. The summed E-state index contributed by atoms with van der Waals surface area (Å²) in [5.74, 6) is 2.43. The Hall–Kier alpha value is -1.32. The molecule has 2 atom stereocenters. The molecule has 0 aromatic carbocycles. The predicted molar refractivity (Wildman–Crippen MR) is 90.4 cm³/mol. The number of nitrogens with zero attached hydrogens (tertiary/aromatic N) is 2. The Balaban J connectivity index is 1.81. The van der Waals surface area contributed by atoms with Gasteiger partial charge in [-0.15, -0.1) is 0 Å². The quantitative estimate of drug-likeness (QED) is 0.831. The monoisotopic (exact) mass is 318 g/mol. The molecule has 0 spiro atoms. The SMILES string of the molecule is Cc1nc(CC(C)C)oc1C(=O)N1CCCCC2CCCCC21. The molecule has 2 unspecified atom stereocenters. The Morgan fingerprint density at radius 2 is 1.91 bits per heavy atom. The first-order valence-corrected chi connectivity index (χ1v) is 9.33. The van der Waals surface area contributed by atoms with Crippen molar-refractivity contribution in [1.29, 1.82) is 0 Å². The third kappa shape index (κ3) is 3.61. The van der Waals surface area contributed by atoms with E-state index in [9.17, 15) is 4.79 Å². The number of carbonyl (C=O) groups excluding carboxylic acids is 1. The summed E-state index contributed by atoms with van der Waals surface area (Å²) in [4.78, 5) is 19.7. The van der Waals surface area contributed by atoms with E-state index in [0.29, 0.717) is 29.5 Å². The van der Waals surface area contributed by atoms with Gasteiger partial charge in [0.25, 0.3) is 5.91 Å². The van der Waals surface area contributed by atoms with Crippen LogP contribution < -0.4 is 0 Å². The van der Waals surface area contributed by atoms with Gasteiger partial charge in [0.2, 0.25) is 5.76 Å².